The van der Waals surface area contributed by atoms with Crippen molar-refractivity contribution < 1.29 is 14.3 Å². The predicted molar refractivity (Wildman–Crippen MR) is 92.8 cm³/mol. The molecular formula is C17H22ClN3O3. The van der Waals surface area contributed by atoms with Gasteiger partial charge in [-0.2, -0.15) is 0 Å². The van der Waals surface area contributed by atoms with Gasteiger partial charge < -0.3 is 14.8 Å². The number of carbonyl (C=O) groups excluding carboxylic acids is 1. The minimum absolute atomic E-state index is 0.220. The summed E-state index contributed by atoms with van der Waals surface area (Å²) in [5.41, 5.74) is -0.233. The zero-order valence-corrected chi connectivity index (χ0v) is 14.8. The molecule has 1 amide bonds. The number of nitrogens with zero attached hydrogens (tertiary/aromatic N) is 2. The Morgan fingerprint density at radius 1 is 1.33 bits per heavy atom. The molecule has 0 aliphatic carbocycles. The number of ether oxygens (including phenoxy) is 2. The van der Waals surface area contributed by atoms with E-state index >= 15 is 0 Å². The predicted octanol–water partition coefficient (Wildman–Crippen LogP) is 2.84. The van der Waals surface area contributed by atoms with E-state index < -0.39 is 5.60 Å². The van der Waals surface area contributed by atoms with Crippen LogP contribution in [0.1, 0.15) is 20.3 Å². The molecule has 0 fully saturated rings. The molecule has 0 bridgehead atoms. The summed E-state index contributed by atoms with van der Waals surface area (Å²) in [6.07, 6.45) is 2.39. The third-order valence-electron chi connectivity index (χ3n) is 3.37. The number of nitrogens with one attached hydrogen (secondary N) is 1. The van der Waals surface area contributed by atoms with Crippen LogP contribution in [-0.4, -0.2) is 41.6 Å². The Morgan fingerprint density at radius 3 is 2.71 bits per heavy atom. The van der Waals surface area contributed by atoms with E-state index in [-0.39, 0.29) is 11.8 Å². The number of hydrogen-bond acceptors (Lipinski definition) is 4. The molecule has 1 N–H and O–H groups in total. The normalized spacial score (nSPS) is 11.3. The molecular weight excluding hydrogens is 330 g/mol. The average molecular weight is 352 g/mol. The smallest absolute Gasteiger partial charge is 0.263 e. The first-order chi connectivity index (χ1) is 11.4. The zero-order chi connectivity index (χ0) is 17.6. The van der Waals surface area contributed by atoms with Gasteiger partial charge in [-0.3, -0.25) is 4.79 Å². The van der Waals surface area contributed by atoms with Gasteiger partial charge in [0.05, 0.1) is 11.9 Å². The van der Waals surface area contributed by atoms with E-state index in [2.05, 4.69) is 10.4 Å². The lowest BCUT2D eigenvalue weighted by Crippen LogP contribution is -2.47. The highest BCUT2D eigenvalue weighted by Gasteiger charge is 2.31. The largest absolute Gasteiger partial charge is 0.459 e. The number of halogens is 1. The summed E-state index contributed by atoms with van der Waals surface area (Å²) in [4.78, 5) is 12.3. The van der Waals surface area contributed by atoms with Crippen molar-refractivity contribution in [2.45, 2.75) is 25.9 Å². The van der Waals surface area contributed by atoms with Gasteiger partial charge in [0.2, 0.25) is 0 Å². The number of rotatable bonds is 8. The fourth-order valence-corrected chi connectivity index (χ4v) is 2.21. The average Bonchev–Trinajstić information content (AvgIpc) is 2.92. The van der Waals surface area contributed by atoms with Crippen molar-refractivity contribution in [3.8, 4) is 11.6 Å². The minimum Gasteiger partial charge on any atom is -0.459 e. The van der Waals surface area contributed by atoms with Crippen molar-refractivity contribution in [3.05, 3.63) is 41.6 Å². The number of para-hydroxylation sites is 1. The summed E-state index contributed by atoms with van der Waals surface area (Å²) < 4.78 is 12.3. The van der Waals surface area contributed by atoms with E-state index in [1.165, 1.54) is 0 Å². The van der Waals surface area contributed by atoms with E-state index in [1.54, 1.807) is 31.8 Å². The highest BCUT2D eigenvalue weighted by Crippen LogP contribution is 2.27. The molecule has 2 aromatic rings. The van der Waals surface area contributed by atoms with Crippen LogP contribution < -0.4 is 10.1 Å². The van der Waals surface area contributed by atoms with Gasteiger partial charge in [0, 0.05) is 20.3 Å². The van der Waals surface area contributed by atoms with Gasteiger partial charge in [0.15, 0.2) is 5.60 Å². The topological polar surface area (TPSA) is 65.4 Å². The summed E-state index contributed by atoms with van der Waals surface area (Å²) in [7, 11) is 1.62. The molecule has 2 rings (SSSR count). The Bertz CT molecular complexity index is 671. The number of hydrogen-bond donors (Lipinski definition) is 1. The molecule has 1 aromatic carbocycles. The first kappa shape index (κ1) is 18.3. The summed E-state index contributed by atoms with van der Waals surface area (Å²) in [6, 6.07) is 9.54. The number of carbonyl (C=O) groups is 1. The second-order valence-corrected chi connectivity index (χ2v) is 6.18. The van der Waals surface area contributed by atoms with E-state index in [1.807, 2.05) is 30.3 Å². The maximum Gasteiger partial charge on any atom is 0.263 e. The Kier molecular flexibility index (Phi) is 6.23. The van der Waals surface area contributed by atoms with Crippen LogP contribution in [0.2, 0.25) is 5.02 Å². The number of aromatic nitrogens is 2. The van der Waals surface area contributed by atoms with Crippen molar-refractivity contribution in [2.75, 3.05) is 20.3 Å². The maximum absolute atomic E-state index is 12.3. The molecule has 0 aliphatic rings. The zero-order valence-electron chi connectivity index (χ0n) is 14.1. The van der Waals surface area contributed by atoms with Crippen LogP contribution in [0.15, 0.2) is 36.5 Å². The monoisotopic (exact) mass is 351 g/mol. The van der Waals surface area contributed by atoms with Crippen LogP contribution in [0.4, 0.5) is 0 Å². The van der Waals surface area contributed by atoms with E-state index in [0.29, 0.717) is 18.2 Å². The van der Waals surface area contributed by atoms with Crippen LogP contribution in [0.5, 0.6) is 5.88 Å². The Labute approximate surface area is 146 Å². The Hall–Kier alpha value is -2.05. The van der Waals surface area contributed by atoms with E-state index in [4.69, 9.17) is 21.1 Å². The van der Waals surface area contributed by atoms with Gasteiger partial charge in [-0.1, -0.05) is 29.8 Å². The highest BCUT2D eigenvalue weighted by molar-refractivity contribution is 6.31. The number of benzene rings is 1. The first-order valence-corrected chi connectivity index (χ1v) is 8.08. The third kappa shape index (κ3) is 4.72. The molecule has 0 aliphatic heterocycles. The lowest BCUT2D eigenvalue weighted by Gasteiger charge is -2.24. The highest BCUT2D eigenvalue weighted by atomic mass is 35.5. The van der Waals surface area contributed by atoms with Crippen LogP contribution in [0.3, 0.4) is 0 Å². The molecule has 0 atom stereocenters. The van der Waals surface area contributed by atoms with Gasteiger partial charge in [0.25, 0.3) is 11.8 Å². The van der Waals surface area contributed by atoms with Gasteiger partial charge >= 0.3 is 0 Å². The van der Waals surface area contributed by atoms with Gasteiger partial charge in [-0.25, -0.2) is 4.68 Å². The molecule has 1 aromatic heterocycles. The summed E-state index contributed by atoms with van der Waals surface area (Å²) in [5.74, 6) is -0.0125. The standard InChI is InChI=1S/C17H22ClN3O3/c1-17(2,16(22)19-10-7-11-23-3)24-15-14(18)12-21(20-15)13-8-5-4-6-9-13/h4-6,8-9,12H,7,10-11H2,1-3H3,(H,19,22). The van der Waals surface area contributed by atoms with Crippen molar-refractivity contribution in [1.82, 2.24) is 15.1 Å². The molecule has 0 saturated heterocycles. The fourth-order valence-electron chi connectivity index (χ4n) is 2.04. The fraction of sp³-hybridized carbons (Fsp3) is 0.412. The molecule has 6 nitrogen and oxygen atoms in total. The SMILES string of the molecule is COCCCNC(=O)C(C)(C)Oc1nn(-c2ccccc2)cc1Cl. The number of methoxy groups -OCH3 is 1. The van der Waals surface area contributed by atoms with Gasteiger partial charge in [-0.05, 0) is 32.4 Å². The molecule has 0 radical (unpaired) electrons. The van der Waals surface area contributed by atoms with Crippen molar-refractivity contribution in [2.24, 2.45) is 0 Å². The Balaban J connectivity index is 2.04. The Morgan fingerprint density at radius 2 is 2.04 bits per heavy atom. The lowest BCUT2D eigenvalue weighted by atomic mass is 10.1. The first-order valence-electron chi connectivity index (χ1n) is 7.71. The quantitative estimate of drug-likeness (QED) is 0.743. The van der Waals surface area contributed by atoms with Gasteiger partial charge in [0.1, 0.15) is 5.02 Å². The second-order valence-electron chi connectivity index (χ2n) is 5.78. The molecule has 0 unspecified atom stereocenters. The molecule has 0 spiro atoms. The van der Waals surface area contributed by atoms with Crippen LogP contribution >= 0.6 is 11.6 Å². The molecule has 1 heterocycles. The van der Waals surface area contributed by atoms with Crippen molar-refractivity contribution in [3.63, 3.8) is 0 Å². The summed E-state index contributed by atoms with van der Waals surface area (Å²) >= 11 is 6.19. The molecule has 24 heavy (non-hydrogen) atoms. The maximum atomic E-state index is 12.3. The molecule has 130 valence electrons. The number of amides is 1. The van der Waals surface area contributed by atoms with Crippen LogP contribution in [-0.2, 0) is 9.53 Å². The van der Waals surface area contributed by atoms with Gasteiger partial charge in [-0.15, -0.1) is 5.10 Å². The van der Waals surface area contributed by atoms with Crippen molar-refractivity contribution >= 4 is 17.5 Å². The summed E-state index contributed by atoms with van der Waals surface area (Å²) in [5, 5.41) is 7.48. The lowest BCUT2D eigenvalue weighted by molar-refractivity contribution is -0.134. The minimum atomic E-state index is -1.09. The molecule has 7 heteroatoms. The van der Waals surface area contributed by atoms with Crippen LogP contribution in [0, 0.1) is 0 Å². The van der Waals surface area contributed by atoms with E-state index in [9.17, 15) is 4.79 Å². The third-order valence-corrected chi connectivity index (χ3v) is 3.63. The van der Waals surface area contributed by atoms with Crippen LogP contribution in [0.25, 0.3) is 5.69 Å². The van der Waals surface area contributed by atoms with E-state index in [0.717, 1.165) is 12.1 Å². The second kappa shape index (κ2) is 8.17. The van der Waals surface area contributed by atoms with Crippen molar-refractivity contribution in [1.29, 1.82) is 0 Å². The summed E-state index contributed by atoms with van der Waals surface area (Å²) in [6.45, 7) is 4.47. The molecule has 0 saturated carbocycles.